The fraction of sp³-hybridized carbons (Fsp3) is 0.429. The largest absolute Gasteiger partial charge is 0.327 e. The number of amides is 2. The van der Waals surface area contributed by atoms with Gasteiger partial charge in [0.05, 0.1) is 6.04 Å². The first-order valence-corrected chi connectivity index (χ1v) is 7.46. The summed E-state index contributed by atoms with van der Waals surface area (Å²) in [4.78, 5) is 27.8. The first-order valence-electron chi connectivity index (χ1n) is 6.67. The molecule has 0 bridgehead atoms. The van der Waals surface area contributed by atoms with Gasteiger partial charge in [-0.05, 0) is 30.7 Å². The van der Waals surface area contributed by atoms with Gasteiger partial charge in [0.2, 0.25) is 0 Å². The number of nitrogens with one attached hydrogen (secondary N) is 1. The number of benzene rings is 1. The molecule has 2 amide bonds. The maximum Gasteiger partial charge on any atom is 0.316 e. The lowest BCUT2D eigenvalue weighted by Crippen LogP contribution is -2.65. The number of carbonyl (C=O) groups is 2. The molecule has 2 aliphatic rings. The molecule has 0 aromatic heterocycles. The lowest BCUT2D eigenvalue weighted by molar-refractivity contribution is -0.149. The zero-order chi connectivity index (χ0) is 14.3. The zero-order valence-electron chi connectivity index (χ0n) is 11.2. The van der Waals surface area contributed by atoms with E-state index in [2.05, 4.69) is 21.2 Å². The van der Waals surface area contributed by atoms with Crippen molar-refractivity contribution in [3.8, 4) is 0 Å². The minimum atomic E-state index is -0.426. The molecule has 1 atom stereocenters. The Balaban J connectivity index is 1.91. The molecule has 106 valence electrons. The lowest BCUT2D eigenvalue weighted by Gasteiger charge is -2.43. The topological polar surface area (TPSA) is 52.6 Å². The van der Waals surface area contributed by atoms with Gasteiger partial charge in [0.25, 0.3) is 0 Å². The quantitative estimate of drug-likeness (QED) is 0.775. The molecule has 0 radical (unpaired) electrons. The highest BCUT2D eigenvalue weighted by atomic mass is 79.9. The molecule has 2 aliphatic heterocycles. The van der Waals surface area contributed by atoms with Crippen molar-refractivity contribution in [2.75, 3.05) is 31.1 Å². The fourth-order valence-electron chi connectivity index (χ4n) is 2.74. The molecule has 2 heterocycles. The third-order valence-corrected chi connectivity index (χ3v) is 4.78. The molecule has 5 nitrogen and oxygen atoms in total. The Morgan fingerprint density at radius 3 is 2.85 bits per heavy atom. The fourth-order valence-corrected chi connectivity index (χ4v) is 2.99. The number of hydrogen-bond acceptors (Lipinski definition) is 3. The van der Waals surface area contributed by atoms with Crippen LogP contribution in [-0.4, -0.2) is 48.9 Å². The van der Waals surface area contributed by atoms with Crippen LogP contribution in [0, 0.1) is 6.92 Å². The molecular formula is C14H16BrN3O2. The number of hydrogen-bond donors (Lipinski definition) is 1. The smallest absolute Gasteiger partial charge is 0.316 e. The average molecular weight is 338 g/mol. The first kappa shape index (κ1) is 13.6. The Kier molecular flexibility index (Phi) is 3.52. The second-order valence-corrected chi connectivity index (χ2v) is 6.06. The van der Waals surface area contributed by atoms with Crippen LogP contribution in [0.25, 0.3) is 0 Å². The summed E-state index contributed by atoms with van der Waals surface area (Å²) in [5.74, 6) is -0.812. The summed E-state index contributed by atoms with van der Waals surface area (Å²) in [6.45, 7) is 4.64. The van der Waals surface area contributed by atoms with E-state index in [1.54, 1.807) is 9.80 Å². The number of aryl methyl sites for hydroxylation is 1. The maximum absolute atomic E-state index is 12.3. The zero-order valence-corrected chi connectivity index (χ0v) is 12.8. The van der Waals surface area contributed by atoms with Crippen molar-refractivity contribution in [2.45, 2.75) is 13.0 Å². The summed E-state index contributed by atoms with van der Waals surface area (Å²) in [6.07, 6.45) is 0. The Labute approximate surface area is 126 Å². The predicted molar refractivity (Wildman–Crippen MR) is 79.6 cm³/mol. The minimum absolute atomic E-state index is 0.0675. The summed E-state index contributed by atoms with van der Waals surface area (Å²) >= 11 is 3.45. The highest BCUT2D eigenvalue weighted by Gasteiger charge is 2.40. The number of carbonyl (C=O) groups excluding carboxylic acids is 2. The van der Waals surface area contributed by atoms with Crippen molar-refractivity contribution in [1.82, 2.24) is 10.2 Å². The van der Waals surface area contributed by atoms with Crippen LogP contribution < -0.4 is 10.2 Å². The molecular weight excluding hydrogens is 322 g/mol. The number of anilines is 1. The molecule has 2 saturated heterocycles. The highest BCUT2D eigenvalue weighted by Crippen LogP contribution is 2.26. The SMILES string of the molecule is Cc1cc(N2CC3CNCCN3C(=O)C2=O)ccc1Br. The van der Waals surface area contributed by atoms with Crippen molar-refractivity contribution in [1.29, 1.82) is 0 Å². The van der Waals surface area contributed by atoms with Gasteiger partial charge >= 0.3 is 11.8 Å². The van der Waals surface area contributed by atoms with Crippen molar-refractivity contribution in [2.24, 2.45) is 0 Å². The summed E-state index contributed by atoms with van der Waals surface area (Å²) < 4.78 is 0.998. The van der Waals surface area contributed by atoms with Gasteiger partial charge in [0, 0.05) is 36.3 Å². The highest BCUT2D eigenvalue weighted by molar-refractivity contribution is 9.10. The minimum Gasteiger partial charge on any atom is -0.327 e. The Morgan fingerprint density at radius 2 is 2.10 bits per heavy atom. The molecule has 20 heavy (non-hydrogen) atoms. The molecule has 1 aromatic carbocycles. The van der Waals surface area contributed by atoms with E-state index in [9.17, 15) is 9.59 Å². The molecule has 0 spiro atoms. The summed E-state index contributed by atoms with van der Waals surface area (Å²) in [5.41, 5.74) is 1.83. The van der Waals surface area contributed by atoms with E-state index in [0.29, 0.717) is 13.1 Å². The standard InChI is InChI=1S/C14H16BrN3O2/c1-9-6-10(2-3-12(9)15)18-8-11-7-16-4-5-17(11)13(19)14(18)20/h2-3,6,11,16H,4-5,7-8H2,1H3. The van der Waals surface area contributed by atoms with Crippen LogP contribution in [0.5, 0.6) is 0 Å². The Morgan fingerprint density at radius 1 is 1.30 bits per heavy atom. The van der Waals surface area contributed by atoms with Gasteiger partial charge in [0.15, 0.2) is 0 Å². The number of rotatable bonds is 1. The number of piperazine rings is 2. The van der Waals surface area contributed by atoms with Gasteiger partial charge in [-0.25, -0.2) is 0 Å². The summed E-state index contributed by atoms with van der Waals surface area (Å²) in [6, 6.07) is 5.78. The van der Waals surface area contributed by atoms with E-state index in [4.69, 9.17) is 0 Å². The van der Waals surface area contributed by atoms with Gasteiger partial charge in [-0.15, -0.1) is 0 Å². The van der Waals surface area contributed by atoms with Crippen molar-refractivity contribution in [3.05, 3.63) is 28.2 Å². The van der Waals surface area contributed by atoms with Crippen molar-refractivity contribution < 1.29 is 9.59 Å². The van der Waals surface area contributed by atoms with Gasteiger partial charge in [0.1, 0.15) is 0 Å². The lowest BCUT2D eigenvalue weighted by atomic mass is 10.1. The number of nitrogens with zero attached hydrogens (tertiary/aromatic N) is 2. The second-order valence-electron chi connectivity index (χ2n) is 5.21. The van der Waals surface area contributed by atoms with Gasteiger partial charge in [-0.3, -0.25) is 9.59 Å². The van der Waals surface area contributed by atoms with E-state index in [0.717, 1.165) is 28.8 Å². The van der Waals surface area contributed by atoms with Crippen LogP contribution in [0.2, 0.25) is 0 Å². The summed E-state index contributed by atoms with van der Waals surface area (Å²) in [5, 5.41) is 3.27. The molecule has 1 N–H and O–H groups in total. The van der Waals surface area contributed by atoms with E-state index in [1.807, 2.05) is 25.1 Å². The van der Waals surface area contributed by atoms with E-state index < -0.39 is 5.91 Å². The van der Waals surface area contributed by atoms with Crippen molar-refractivity contribution >= 4 is 33.4 Å². The van der Waals surface area contributed by atoms with Crippen molar-refractivity contribution in [3.63, 3.8) is 0 Å². The third kappa shape index (κ3) is 2.23. The third-order valence-electron chi connectivity index (χ3n) is 3.89. The van der Waals surface area contributed by atoms with Gasteiger partial charge < -0.3 is 15.1 Å². The normalized spacial score (nSPS) is 23.0. The molecule has 2 fully saturated rings. The monoisotopic (exact) mass is 337 g/mol. The van der Waals surface area contributed by atoms with Crippen LogP contribution in [0.1, 0.15) is 5.56 Å². The molecule has 1 unspecified atom stereocenters. The number of halogens is 1. The van der Waals surface area contributed by atoms with E-state index in [1.165, 1.54) is 0 Å². The van der Waals surface area contributed by atoms with Crippen LogP contribution in [0.4, 0.5) is 5.69 Å². The molecule has 0 aliphatic carbocycles. The van der Waals surface area contributed by atoms with Crippen LogP contribution in [0.15, 0.2) is 22.7 Å². The summed E-state index contributed by atoms with van der Waals surface area (Å²) in [7, 11) is 0. The van der Waals surface area contributed by atoms with Gasteiger partial charge in [-0.1, -0.05) is 15.9 Å². The van der Waals surface area contributed by atoms with E-state index in [-0.39, 0.29) is 11.9 Å². The van der Waals surface area contributed by atoms with Crippen LogP contribution in [-0.2, 0) is 9.59 Å². The molecule has 3 rings (SSSR count). The first-order chi connectivity index (χ1) is 9.58. The maximum atomic E-state index is 12.3. The Bertz CT molecular complexity index is 576. The molecule has 0 saturated carbocycles. The molecule has 6 heteroatoms. The number of fused-ring (bicyclic) bond motifs is 1. The van der Waals surface area contributed by atoms with Crippen LogP contribution >= 0.6 is 15.9 Å². The Hall–Kier alpha value is -1.40. The second kappa shape index (κ2) is 5.18. The predicted octanol–water partition coefficient (Wildman–Crippen LogP) is 0.905. The van der Waals surface area contributed by atoms with E-state index >= 15 is 0 Å². The van der Waals surface area contributed by atoms with Gasteiger partial charge in [-0.2, -0.15) is 0 Å². The average Bonchev–Trinajstić information content (AvgIpc) is 2.46. The van der Waals surface area contributed by atoms with Crippen LogP contribution in [0.3, 0.4) is 0 Å². The molecule has 1 aromatic rings.